The van der Waals surface area contributed by atoms with Crippen LogP contribution in [0.2, 0.25) is 0 Å². The zero-order valence-electron chi connectivity index (χ0n) is 17.4. The van der Waals surface area contributed by atoms with Gasteiger partial charge in [-0.1, -0.05) is 36.4 Å². The Morgan fingerprint density at radius 2 is 1.61 bits per heavy atom. The number of fused-ring (bicyclic) bond motifs is 2. The SMILES string of the molecule is O=C(Nc1ccc(-c2nc3ccccc3[nH]2)cc1)c1cc(-c2cccs2)nc2ccccc12. The minimum absolute atomic E-state index is 0.164. The summed E-state index contributed by atoms with van der Waals surface area (Å²) in [5.41, 5.74) is 5.80. The number of para-hydroxylation sites is 3. The molecule has 0 radical (unpaired) electrons. The van der Waals surface area contributed by atoms with Crippen molar-refractivity contribution in [2.45, 2.75) is 0 Å². The lowest BCUT2D eigenvalue weighted by Crippen LogP contribution is -2.13. The molecule has 33 heavy (non-hydrogen) atoms. The zero-order valence-corrected chi connectivity index (χ0v) is 18.3. The fourth-order valence-electron chi connectivity index (χ4n) is 3.91. The molecule has 3 aromatic carbocycles. The molecular formula is C27H18N4OS. The van der Waals surface area contributed by atoms with Crippen molar-refractivity contribution in [2.24, 2.45) is 0 Å². The summed E-state index contributed by atoms with van der Waals surface area (Å²) < 4.78 is 0. The van der Waals surface area contributed by atoms with Crippen LogP contribution in [0.4, 0.5) is 5.69 Å². The number of aromatic amines is 1. The predicted octanol–water partition coefficient (Wildman–Crippen LogP) is 6.76. The molecule has 0 bridgehead atoms. The van der Waals surface area contributed by atoms with Crippen LogP contribution in [0.5, 0.6) is 0 Å². The van der Waals surface area contributed by atoms with Gasteiger partial charge in [0.1, 0.15) is 5.82 Å². The van der Waals surface area contributed by atoms with Gasteiger partial charge in [-0.15, -0.1) is 11.3 Å². The molecule has 0 fully saturated rings. The van der Waals surface area contributed by atoms with Crippen LogP contribution >= 0.6 is 11.3 Å². The first-order chi connectivity index (χ1) is 16.2. The first kappa shape index (κ1) is 19.4. The number of anilines is 1. The van der Waals surface area contributed by atoms with E-state index < -0.39 is 0 Å². The zero-order chi connectivity index (χ0) is 22.2. The Balaban J connectivity index is 1.31. The van der Waals surface area contributed by atoms with Crippen molar-refractivity contribution in [3.63, 3.8) is 0 Å². The fourth-order valence-corrected chi connectivity index (χ4v) is 4.60. The molecule has 0 aliphatic rings. The molecule has 5 nitrogen and oxygen atoms in total. The number of amides is 1. The van der Waals surface area contributed by atoms with Crippen LogP contribution in [-0.4, -0.2) is 20.9 Å². The van der Waals surface area contributed by atoms with Crippen molar-refractivity contribution in [3.8, 4) is 22.0 Å². The van der Waals surface area contributed by atoms with Crippen molar-refractivity contribution in [1.29, 1.82) is 0 Å². The molecule has 6 rings (SSSR count). The lowest BCUT2D eigenvalue weighted by Gasteiger charge is -2.10. The number of hydrogen-bond acceptors (Lipinski definition) is 4. The smallest absolute Gasteiger partial charge is 0.256 e. The van der Waals surface area contributed by atoms with Gasteiger partial charge in [-0.2, -0.15) is 0 Å². The molecule has 0 unspecified atom stereocenters. The van der Waals surface area contributed by atoms with Crippen molar-refractivity contribution >= 4 is 44.9 Å². The standard InChI is InChI=1S/C27H18N4OS/c32-27(20-16-24(25-10-5-15-33-25)29-21-7-2-1-6-19(20)21)28-18-13-11-17(12-14-18)26-30-22-8-3-4-9-23(22)31-26/h1-16H,(H,28,32)(H,30,31). The second-order valence-corrected chi connectivity index (χ2v) is 8.63. The number of aromatic nitrogens is 3. The van der Waals surface area contributed by atoms with Crippen LogP contribution in [0.3, 0.4) is 0 Å². The third-order valence-electron chi connectivity index (χ3n) is 5.54. The van der Waals surface area contributed by atoms with E-state index in [-0.39, 0.29) is 5.91 Å². The molecule has 0 aliphatic carbocycles. The molecule has 158 valence electrons. The van der Waals surface area contributed by atoms with E-state index in [1.165, 1.54) is 0 Å². The third kappa shape index (κ3) is 3.66. The molecule has 0 atom stereocenters. The van der Waals surface area contributed by atoms with Crippen molar-refractivity contribution in [3.05, 3.63) is 102 Å². The molecule has 3 aromatic heterocycles. The Morgan fingerprint density at radius 1 is 0.818 bits per heavy atom. The lowest BCUT2D eigenvalue weighted by molar-refractivity contribution is 0.102. The van der Waals surface area contributed by atoms with Gasteiger partial charge in [0.15, 0.2) is 0 Å². The number of carbonyl (C=O) groups excluding carboxylic acids is 1. The number of imidazole rings is 1. The van der Waals surface area contributed by atoms with E-state index in [2.05, 4.69) is 15.3 Å². The van der Waals surface area contributed by atoms with E-state index in [9.17, 15) is 4.79 Å². The highest BCUT2D eigenvalue weighted by molar-refractivity contribution is 7.13. The van der Waals surface area contributed by atoms with Gasteiger partial charge in [0.2, 0.25) is 0 Å². The quantitative estimate of drug-likeness (QED) is 0.314. The highest BCUT2D eigenvalue weighted by atomic mass is 32.1. The van der Waals surface area contributed by atoms with Gasteiger partial charge in [-0.05, 0) is 60.0 Å². The summed E-state index contributed by atoms with van der Waals surface area (Å²) in [5.74, 6) is 0.637. The monoisotopic (exact) mass is 446 g/mol. The van der Waals surface area contributed by atoms with E-state index in [4.69, 9.17) is 4.98 Å². The summed E-state index contributed by atoms with van der Waals surface area (Å²) >= 11 is 1.61. The number of nitrogens with zero attached hydrogens (tertiary/aromatic N) is 2. The number of H-pyrrole nitrogens is 1. The molecule has 0 spiro atoms. The number of hydrogen-bond donors (Lipinski definition) is 2. The van der Waals surface area contributed by atoms with Gasteiger partial charge in [0.25, 0.3) is 5.91 Å². The van der Waals surface area contributed by atoms with Gasteiger partial charge in [-0.25, -0.2) is 9.97 Å². The van der Waals surface area contributed by atoms with Crippen molar-refractivity contribution < 1.29 is 4.79 Å². The average Bonchev–Trinajstić information content (AvgIpc) is 3.54. The van der Waals surface area contributed by atoms with Crippen molar-refractivity contribution in [2.75, 3.05) is 5.32 Å². The number of carbonyl (C=O) groups is 1. The summed E-state index contributed by atoms with van der Waals surface area (Å²) in [4.78, 5) is 27.0. The van der Waals surface area contributed by atoms with Crippen LogP contribution in [0.25, 0.3) is 43.9 Å². The maximum atomic E-state index is 13.3. The molecule has 3 heterocycles. The summed E-state index contributed by atoms with van der Waals surface area (Å²) in [6.07, 6.45) is 0. The van der Waals surface area contributed by atoms with Crippen LogP contribution in [0, 0.1) is 0 Å². The van der Waals surface area contributed by atoms with Crippen molar-refractivity contribution in [1.82, 2.24) is 15.0 Å². The molecule has 2 N–H and O–H groups in total. The minimum atomic E-state index is -0.164. The Morgan fingerprint density at radius 3 is 2.39 bits per heavy atom. The molecule has 0 saturated carbocycles. The normalized spacial score (nSPS) is 11.2. The van der Waals surface area contributed by atoms with Crippen LogP contribution in [0.1, 0.15) is 10.4 Å². The first-order valence-corrected chi connectivity index (χ1v) is 11.4. The molecule has 0 aliphatic heterocycles. The largest absolute Gasteiger partial charge is 0.338 e. The second kappa shape index (κ2) is 8.00. The molecule has 1 amide bonds. The number of benzene rings is 3. The van der Waals surface area contributed by atoms with E-state index in [0.29, 0.717) is 5.56 Å². The maximum absolute atomic E-state index is 13.3. The van der Waals surface area contributed by atoms with E-state index in [1.54, 1.807) is 11.3 Å². The van der Waals surface area contributed by atoms with Gasteiger partial charge in [-0.3, -0.25) is 4.79 Å². The summed E-state index contributed by atoms with van der Waals surface area (Å²) in [6, 6.07) is 29.2. The Hall–Kier alpha value is -4.29. The summed E-state index contributed by atoms with van der Waals surface area (Å²) in [7, 11) is 0. The number of nitrogens with one attached hydrogen (secondary N) is 2. The van der Waals surface area contributed by atoms with Gasteiger partial charge >= 0.3 is 0 Å². The highest BCUT2D eigenvalue weighted by Crippen LogP contribution is 2.29. The lowest BCUT2D eigenvalue weighted by atomic mass is 10.1. The van der Waals surface area contributed by atoms with Crippen LogP contribution < -0.4 is 5.32 Å². The molecular weight excluding hydrogens is 428 g/mol. The summed E-state index contributed by atoms with van der Waals surface area (Å²) in [5, 5.41) is 5.87. The second-order valence-electron chi connectivity index (χ2n) is 7.68. The molecule has 0 saturated heterocycles. The van der Waals surface area contributed by atoms with Gasteiger partial charge in [0.05, 0.1) is 32.7 Å². The van der Waals surface area contributed by atoms with Crippen LogP contribution in [-0.2, 0) is 0 Å². The summed E-state index contributed by atoms with van der Waals surface area (Å²) in [6.45, 7) is 0. The fraction of sp³-hybridized carbons (Fsp3) is 0. The Labute approximate surface area is 193 Å². The third-order valence-corrected chi connectivity index (χ3v) is 6.43. The Kier molecular flexibility index (Phi) is 4.70. The van der Waals surface area contributed by atoms with Gasteiger partial charge in [0, 0.05) is 16.6 Å². The number of rotatable bonds is 4. The molecule has 6 aromatic rings. The van der Waals surface area contributed by atoms with E-state index >= 15 is 0 Å². The topological polar surface area (TPSA) is 70.7 Å². The Bertz CT molecular complexity index is 1570. The first-order valence-electron chi connectivity index (χ1n) is 10.5. The predicted molar refractivity (Wildman–Crippen MR) is 135 cm³/mol. The average molecular weight is 447 g/mol. The van der Waals surface area contributed by atoms with Gasteiger partial charge < -0.3 is 10.3 Å². The maximum Gasteiger partial charge on any atom is 0.256 e. The van der Waals surface area contributed by atoms with E-state index in [1.807, 2.05) is 96.4 Å². The van der Waals surface area contributed by atoms with E-state index in [0.717, 1.165) is 49.6 Å². The van der Waals surface area contributed by atoms with Crippen LogP contribution in [0.15, 0.2) is 96.4 Å². The highest BCUT2D eigenvalue weighted by Gasteiger charge is 2.15. The number of thiophene rings is 1. The number of pyridine rings is 1. The minimum Gasteiger partial charge on any atom is -0.338 e. The molecule has 6 heteroatoms.